The number of carbonyl (C=O) groups excluding carboxylic acids is 1. The van der Waals surface area contributed by atoms with Gasteiger partial charge in [0.05, 0.1) is 17.4 Å². The van der Waals surface area contributed by atoms with Gasteiger partial charge in [-0.3, -0.25) is 9.78 Å². The molecule has 0 aliphatic heterocycles. The maximum absolute atomic E-state index is 13.8. The Morgan fingerprint density at radius 1 is 1.26 bits per heavy atom. The topological polar surface area (TPSA) is 88.2 Å². The summed E-state index contributed by atoms with van der Waals surface area (Å²) in [5.41, 5.74) is 6.38. The normalized spacial score (nSPS) is 13.9. The van der Waals surface area contributed by atoms with Crippen LogP contribution in [-0.2, 0) is 12.8 Å². The van der Waals surface area contributed by atoms with Crippen LogP contribution in [0.15, 0.2) is 36.5 Å². The first-order valence-electron chi connectivity index (χ1n) is 8.71. The number of aromatic nitrogens is 1. The molecule has 4 N–H and O–H groups in total. The number of pyridine rings is 1. The van der Waals surface area contributed by atoms with Crippen molar-refractivity contribution in [2.45, 2.75) is 51.3 Å². The minimum Gasteiger partial charge on any atom is -0.391 e. The highest BCUT2D eigenvalue weighted by molar-refractivity contribution is 5.95. The summed E-state index contributed by atoms with van der Waals surface area (Å²) in [5.74, 6) is -1.45. The van der Waals surface area contributed by atoms with E-state index in [2.05, 4.69) is 10.3 Å². The van der Waals surface area contributed by atoms with Crippen molar-refractivity contribution in [2.75, 3.05) is 0 Å². The van der Waals surface area contributed by atoms with Gasteiger partial charge >= 0.3 is 0 Å². The number of carbonyl (C=O) groups is 1. The molecule has 5 nitrogen and oxygen atoms in total. The molecule has 27 heavy (non-hydrogen) atoms. The lowest BCUT2D eigenvalue weighted by molar-refractivity contribution is 0.0916. The molecular weight excluding hydrogens is 352 g/mol. The molecule has 7 heteroatoms. The fraction of sp³-hybridized carbons (Fsp3) is 0.400. The summed E-state index contributed by atoms with van der Waals surface area (Å²) in [6.07, 6.45) is 0.421. The van der Waals surface area contributed by atoms with Gasteiger partial charge in [0.1, 0.15) is 11.6 Å². The smallest absolute Gasteiger partial charge is 0.253 e. The molecule has 0 saturated carbocycles. The minimum absolute atomic E-state index is 0.0197. The third-order valence-corrected chi connectivity index (χ3v) is 3.98. The van der Waals surface area contributed by atoms with Gasteiger partial charge in [-0.2, -0.15) is 0 Å². The van der Waals surface area contributed by atoms with Gasteiger partial charge in [0.15, 0.2) is 0 Å². The maximum Gasteiger partial charge on any atom is 0.253 e. The molecule has 0 aliphatic carbocycles. The predicted molar refractivity (Wildman–Crippen MR) is 99.2 cm³/mol. The van der Waals surface area contributed by atoms with Crippen LogP contribution in [0.25, 0.3) is 0 Å². The summed E-state index contributed by atoms with van der Waals surface area (Å²) in [6.45, 7) is 5.58. The van der Waals surface area contributed by atoms with E-state index < -0.39 is 29.3 Å². The van der Waals surface area contributed by atoms with Crippen LogP contribution < -0.4 is 11.1 Å². The van der Waals surface area contributed by atoms with Crippen molar-refractivity contribution < 1.29 is 18.7 Å². The molecule has 1 heterocycles. The van der Waals surface area contributed by atoms with Gasteiger partial charge < -0.3 is 16.2 Å². The summed E-state index contributed by atoms with van der Waals surface area (Å²) in [4.78, 5) is 16.6. The molecule has 0 aliphatic rings. The number of aliphatic hydroxyl groups is 1. The number of hydrogen-bond donors (Lipinski definition) is 3. The van der Waals surface area contributed by atoms with Gasteiger partial charge in [0.25, 0.3) is 5.91 Å². The first-order chi connectivity index (χ1) is 12.6. The zero-order valence-corrected chi connectivity index (χ0v) is 15.7. The van der Waals surface area contributed by atoms with Gasteiger partial charge in [0.2, 0.25) is 0 Å². The molecule has 0 saturated heterocycles. The second-order valence-electron chi connectivity index (χ2n) is 7.58. The number of amides is 1. The maximum atomic E-state index is 13.8. The average molecular weight is 377 g/mol. The van der Waals surface area contributed by atoms with Crippen molar-refractivity contribution in [3.63, 3.8) is 0 Å². The third-order valence-electron chi connectivity index (χ3n) is 3.98. The fourth-order valence-corrected chi connectivity index (χ4v) is 2.65. The van der Waals surface area contributed by atoms with Crippen LogP contribution in [0, 0.1) is 11.6 Å². The number of hydrogen-bond acceptors (Lipinski definition) is 4. The number of halogens is 2. The van der Waals surface area contributed by atoms with Gasteiger partial charge in [-0.05, 0) is 63.1 Å². The van der Waals surface area contributed by atoms with Crippen LogP contribution in [0.3, 0.4) is 0 Å². The number of rotatable bonds is 6. The highest BCUT2D eigenvalue weighted by atomic mass is 19.1. The molecule has 1 aromatic carbocycles. The lowest BCUT2D eigenvalue weighted by Crippen LogP contribution is -2.42. The van der Waals surface area contributed by atoms with Crippen LogP contribution in [-0.4, -0.2) is 33.7 Å². The van der Waals surface area contributed by atoms with Crippen LogP contribution in [0.2, 0.25) is 0 Å². The molecule has 0 unspecified atom stereocenters. The van der Waals surface area contributed by atoms with E-state index in [4.69, 9.17) is 5.73 Å². The van der Waals surface area contributed by atoms with Crippen molar-refractivity contribution in [3.8, 4) is 0 Å². The third kappa shape index (κ3) is 6.08. The Kier molecular flexibility index (Phi) is 6.62. The van der Waals surface area contributed by atoms with Crippen molar-refractivity contribution >= 4 is 5.91 Å². The van der Waals surface area contributed by atoms with E-state index in [9.17, 15) is 18.7 Å². The minimum atomic E-state index is -1.08. The Balaban J connectivity index is 2.12. The molecule has 1 aromatic heterocycles. The summed E-state index contributed by atoms with van der Waals surface area (Å²) < 4.78 is 27.1. The Labute approximate surface area is 157 Å². The van der Waals surface area contributed by atoms with Crippen molar-refractivity contribution in [1.29, 1.82) is 0 Å². The molecular formula is C20H25F2N3O2. The number of benzene rings is 1. The first kappa shape index (κ1) is 20.9. The van der Waals surface area contributed by atoms with Gasteiger partial charge in [0, 0.05) is 24.2 Å². The van der Waals surface area contributed by atoms with E-state index in [-0.39, 0.29) is 24.3 Å². The quantitative estimate of drug-likeness (QED) is 0.721. The van der Waals surface area contributed by atoms with Crippen LogP contribution in [0.4, 0.5) is 8.78 Å². The van der Waals surface area contributed by atoms with Crippen molar-refractivity contribution in [1.82, 2.24) is 10.3 Å². The molecule has 2 atom stereocenters. The molecule has 0 bridgehead atoms. The van der Waals surface area contributed by atoms with E-state index >= 15 is 0 Å². The van der Waals surface area contributed by atoms with Gasteiger partial charge in [-0.1, -0.05) is 0 Å². The number of nitrogens with zero attached hydrogens (tertiary/aromatic N) is 1. The number of aliphatic hydroxyl groups excluding tert-OH is 1. The standard InChI is InChI=1S/C20H25F2N3O2/c1-20(2,3)25-19(27)14-5-4-8-24-17(14)11-18(26)16(23)10-12-9-13(21)6-7-15(12)22/h4-9,16,18,26H,10-11,23H2,1-3H3,(H,25,27)/t16-,18+/m1/s1. The summed E-state index contributed by atoms with van der Waals surface area (Å²) >= 11 is 0. The van der Waals surface area contributed by atoms with Gasteiger partial charge in [-0.15, -0.1) is 0 Å². The van der Waals surface area contributed by atoms with Crippen molar-refractivity contribution in [3.05, 3.63) is 65.0 Å². The SMILES string of the molecule is CC(C)(C)NC(=O)c1cccnc1C[C@H](O)[C@H](N)Cc1cc(F)ccc1F. The molecule has 146 valence electrons. The highest BCUT2D eigenvalue weighted by Crippen LogP contribution is 2.16. The zero-order valence-electron chi connectivity index (χ0n) is 15.7. The van der Waals surface area contributed by atoms with Crippen molar-refractivity contribution in [2.24, 2.45) is 5.73 Å². The van der Waals surface area contributed by atoms with E-state index in [1.54, 1.807) is 12.1 Å². The fourth-order valence-electron chi connectivity index (χ4n) is 2.65. The zero-order chi connectivity index (χ0) is 20.2. The largest absolute Gasteiger partial charge is 0.391 e. The second-order valence-corrected chi connectivity index (χ2v) is 7.58. The molecule has 1 amide bonds. The lowest BCUT2D eigenvalue weighted by atomic mass is 9.96. The predicted octanol–water partition coefficient (Wildman–Crippen LogP) is 2.36. The van der Waals surface area contributed by atoms with Crippen LogP contribution in [0.5, 0.6) is 0 Å². The first-order valence-corrected chi connectivity index (χ1v) is 8.71. The monoisotopic (exact) mass is 377 g/mol. The molecule has 2 rings (SSSR count). The summed E-state index contributed by atoms with van der Waals surface area (Å²) in [6, 6.07) is 5.52. The molecule has 0 fully saturated rings. The highest BCUT2D eigenvalue weighted by Gasteiger charge is 2.23. The Bertz CT molecular complexity index is 806. The summed E-state index contributed by atoms with van der Waals surface area (Å²) in [7, 11) is 0. The molecule has 2 aromatic rings. The Morgan fingerprint density at radius 3 is 2.63 bits per heavy atom. The average Bonchev–Trinajstić information content (AvgIpc) is 2.57. The Hall–Kier alpha value is -2.38. The lowest BCUT2D eigenvalue weighted by Gasteiger charge is -2.23. The number of nitrogens with two attached hydrogens (primary N) is 1. The van der Waals surface area contributed by atoms with E-state index in [1.165, 1.54) is 6.20 Å². The molecule has 0 spiro atoms. The van der Waals surface area contributed by atoms with E-state index in [0.29, 0.717) is 11.3 Å². The Morgan fingerprint density at radius 2 is 1.96 bits per heavy atom. The van der Waals surface area contributed by atoms with Crippen LogP contribution >= 0.6 is 0 Å². The summed E-state index contributed by atoms with van der Waals surface area (Å²) in [5, 5.41) is 13.3. The number of nitrogens with one attached hydrogen (secondary N) is 1. The van der Waals surface area contributed by atoms with Gasteiger partial charge in [-0.25, -0.2) is 8.78 Å². The second kappa shape index (κ2) is 8.54. The van der Waals surface area contributed by atoms with E-state index in [0.717, 1.165) is 18.2 Å². The molecule has 0 radical (unpaired) electrons. The van der Waals surface area contributed by atoms with E-state index in [1.807, 2.05) is 20.8 Å². The van der Waals surface area contributed by atoms with Crippen LogP contribution in [0.1, 0.15) is 42.4 Å².